The number of hydrogen-bond acceptors (Lipinski definition) is 3. The first-order valence-corrected chi connectivity index (χ1v) is 6.98. The molecule has 2 N–H and O–H groups in total. The van der Waals surface area contributed by atoms with E-state index in [4.69, 9.17) is 0 Å². The molecular formula is C16H15FN2O3. The van der Waals surface area contributed by atoms with E-state index in [9.17, 15) is 19.1 Å². The van der Waals surface area contributed by atoms with E-state index in [1.165, 1.54) is 30.5 Å². The number of aromatic nitrogens is 1. The lowest BCUT2D eigenvalue weighted by Gasteiger charge is -2.24. The summed E-state index contributed by atoms with van der Waals surface area (Å²) in [6.45, 7) is 0.208. The van der Waals surface area contributed by atoms with Gasteiger partial charge in [0.2, 0.25) is 5.56 Å². The van der Waals surface area contributed by atoms with Crippen molar-refractivity contribution >= 4 is 5.91 Å². The predicted molar refractivity (Wildman–Crippen MR) is 77.9 cm³/mol. The van der Waals surface area contributed by atoms with Gasteiger partial charge < -0.3 is 15.0 Å². The summed E-state index contributed by atoms with van der Waals surface area (Å²) in [6, 6.07) is 8.33. The monoisotopic (exact) mass is 302 g/mol. The second kappa shape index (κ2) is 5.73. The van der Waals surface area contributed by atoms with Gasteiger partial charge in [-0.2, -0.15) is 0 Å². The largest absolute Gasteiger partial charge is 0.391 e. The molecule has 0 bridgehead atoms. The van der Waals surface area contributed by atoms with Crippen molar-refractivity contribution in [3.05, 3.63) is 69.9 Å². The molecule has 6 heteroatoms. The van der Waals surface area contributed by atoms with Crippen molar-refractivity contribution in [1.82, 2.24) is 9.88 Å². The van der Waals surface area contributed by atoms with Crippen molar-refractivity contribution in [1.29, 1.82) is 0 Å². The fraction of sp³-hybridized carbons (Fsp3) is 0.250. The number of β-amino-alcohol motifs (C(OH)–C–C–N with tert-alkyl or cyclic N) is 1. The molecule has 1 saturated heterocycles. The van der Waals surface area contributed by atoms with Crippen LogP contribution in [0.3, 0.4) is 0 Å². The normalized spacial score (nSPS) is 21.1. The molecule has 1 fully saturated rings. The van der Waals surface area contributed by atoms with Gasteiger partial charge in [0.1, 0.15) is 5.82 Å². The second-order valence-electron chi connectivity index (χ2n) is 5.36. The molecule has 22 heavy (non-hydrogen) atoms. The number of rotatable bonds is 2. The van der Waals surface area contributed by atoms with Crippen molar-refractivity contribution < 1.29 is 14.3 Å². The molecule has 0 unspecified atom stereocenters. The first-order chi connectivity index (χ1) is 10.5. The maximum Gasteiger partial charge on any atom is 0.255 e. The topological polar surface area (TPSA) is 73.4 Å². The molecule has 1 amide bonds. The Balaban J connectivity index is 1.90. The van der Waals surface area contributed by atoms with E-state index in [0.29, 0.717) is 12.0 Å². The number of hydrogen-bond donors (Lipinski definition) is 2. The van der Waals surface area contributed by atoms with Crippen molar-refractivity contribution in [2.45, 2.75) is 18.6 Å². The van der Waals surface area contributed by atoms with Gasteiger partial charge in [-0.25, -0.2) is 4.39 Å². The van der Waals surface area contributed by atoms with E-state index < -0.39 is 6.10 Å². The molecule has 1 aromatic carbocycles. The summed E-state index contributed by atoms with van der Waals surface area (Å²) in [5.41, 5.74) is 0.838. The van der Waals surface area contributed by atoms with E-state index in [1.807, 2.05) is 0 Å². The number of amides is 1. The number of benzene rings is 1. The molecule has 114 valence electrons. The third kappa shape index (κ3) is 2.78. The second-order valence-corrected chi connectivity index (χ2v) is 5.36. The van der Waals surface area contributed by atoms with E-state index in [1.54, 1.807) is 17.0 Å². The van der Waals surface area contributed by atoms with E-state index in [-0.39, 0.29) is 29.9 Å². The number of aromatic amines is 1. The van der Waals surface area contributed by atoms with E-state index >= 15 is 0 Å². The Hall–Kier alpha value is -2.47. The number of nitrogens with one attached hydrogen (secondary N) is 1. The SMILES string of the molecule is O=C(c1ccc(=O)[nH]c1)N1C[C@@H](O)C[C@@H]1c1ccc(F)cc1. The highest BCUT2D eigenvalue weighted by molar-refractivity contribution is 5.94. The summed E-state index contributed by atoms with van der Waals surface area (Å²) in [7, 11) is 0. The number of aliphatic hydroxyl groups is 1. The molecule has 1 aliphatic heterocycles. The van der Waals surface area contributed by atoms with Crippen LogP contribution in [0.15, 0.2) is 47.4 Å². The smallest absolute Gasteiger partial charge is 0.255 e. The molecule has 2 heterocycles. The van der Waals surface area contributed by atoms with E-state index in [2.05, 4.69) is 4.98 Å². The molecule has 0 spiro atoms. The minimum atomic E-state index is -0.623. The average Bonchev–Trinajstić information content (AvgIpc) is 2.90. The summed E-state index contributed by atoms with van der Waals surface area (Å²) in [5, 5.41) is 9.90. The number of likely N-dealkylation sites (tertiary alicyclic amines) is 1. The van der Waals surface area contributed by atoms with Crippen LogP contribution in [0, 0.1) is 5.82 Å². The van der Waals surface area contributed by atoms with Crippen LogP contribution in [-0.4, -0.2) is 33.5 Å². The number of carbonyl (C=O) groups is 1. The first kappa shape index (κ1) is 14.5. The van der Waals surface area contributed by atoms with Crippen LogP contribution in [0.2, 0.25) is 0 Å². The molecule has 3 rings (SSSR count). The van der Waals surface area contributed by atoms with E-state index in [0.717, 1.165) is 5.56 Å². The summed E-state index contributed by atoms with van der Waals surface area (Å²) in [6.07, 6.45) is 1.14. The molecule has 2 aromatic rings. The third-order valence-corrected chi connectivity index (χ3v) is 3.83. The Bertz CT molecular complexity index is 721. The first-order valence-electron chi connectivity index (χ1n) is 6.98. The maximum absolute atomic E-state index is 13.0. The summed E-state index contributed by atoms with van der Waals surface area (Å²) >= 11 is 0. The van der Waals surface area contributed by atoms with Crippen molar-refractivity contribution in [3.8, 4) is 0 Å². The molecule has 0 radical (unpaired) electrons. The van der Waals surface area contributed by atoms with Gasteiger partial charge >= 0.3 is 0 Å². The van der Waals surface area contributed by atoms with Gasteiger partial charge in [-0.05, 0) is 30.2 Å². The van der Waals surface area contributed by atoms with Gasteiger partial charge in [-0.3, -0.25) is 9.59 Å². The van der Waals surface area contributed by atoms with Crippen molar-refractivity contribution in [3.63, 3.8) is 0 Å². The van der Waals surface area contributed by atoms with Gasteiger partial charge in [0.25, 0.3) is 5.91 Å². The standard InChI is InChI=1S/C16H15FN2O3/c17-12-4-1-10(2-5-12)14-7-13(20)9-19(14)16(22)11-3-6-15(21)18-8-11/h1-6,8,13-14,20H,7,9H2,(H,18,21)/t13-,14+/m0/s1. The molecule has 0 aliphatic carbocycles. The molecule has 2 atom stereocenters. The van der Waals surface area contributed by atoms with Gasteiger partial charge in [0.05, 0.1) is 17.7 Å². The van der Waals surface area contributed by atoms with Gasteiger partial charge in [-0.15, -0.1) is 0 Å². The van der Waals surface area contributed by atoms with Crippen LogP contribution < -0.4 is 5.56 Å². The molecule has 1 aliphatic rings. The highest BCUT2D eigenvalue weighted by atomic mass is 19.1. The van der Waals surface area contributed by atoms with Crippen LogP contribution >= 0.6 is 0 Å². The Morgan fingerprint density at radius 2 is 1.95 bits per heavy atom. The number of H-pyrrole nitrogens is 1. The van der Waals surface area contributed by atoms with Crippen LogP contribution in [-0.2, 0) is 0 Å². The number of pyridine rings is 1. The quantitative estimate of drug-likeness (QED) is 0.882. The minimum Gasteiger partial charge on any atom is -0.391 e. The fourth-order valence-electron chi connectivity index (χ4n) is 2.75. The lowest BCUT2D eigenvalue weighted by molar-refractivity contribution is 0.0715. The highest BCUT2D eigenvalue weighted by Gasteiger charge is 2.35. The van der Waals surface area contributed by atoms with Crippen LogP contribution in [0.25, 0.3) is 0 Å². The highest BCUT2D eigenvalue weighted by Crippen LogP contribution is 2.33. The Morgan fingerprint density at radius 1 is 1.23 bits per heavy atom. The molecular weight excluding hydrogens is 287 g/mol. The van der Waals surface area contributed by atoms with Crippen molar-refractivity contribution in [2.24, 2.45) is 0 Å². The molecule has 5 nitrogen and oxygen atoms in total. The average molecular weight is 302 g/mol. The maximum atomic E-state index is 13.0. The predicted octanol–water partition coefficient (Wildman–Crippen LogP) is 1.46. The third-order valence-electron chi connectivity index (χ3n) is 3.83. The number of aliphatic hydroxyl groups excluding tert-OH is 1. The fourth-order valence-corrected chi connectivity index (χ4v) is 2.75. The number of halogens is 1. The number of nitrogens with zero attached hydrogens (tertiary/aromatic N) is 1. The summed E-state index contributed by atoms with van der Waals surface area (Å²) in [5.74, 6) is -0.622. The van der Waals surface area contributed by atoms with Gasteiger partial charge in [0.15, 0.2) is 0 Å². The Labute approximate surface area is 126 Å². The Kier molecular flexibility index (Phi) is 3.77. The van der Waals surface area contributed by atoms with Crippen LogP contribution in [0.4, 0.5) is 4.39 Å². The summed E-state index contributed by atoms with van der Waals surface area (Å²) < 4.78 is 13.0. The minimum absolute atomic E-state index is 0.208. The van der Waals surface area contributed by atoms with Gasteiger partial charge in [-0.1, -0.05) is 12.1 Å². The zero-order valence-corrected chi connectivity index (χ0v) is 11.7. The van der Waals surface area contributed by atoms with Crippen molar-refractivity contribution in [2.75, 3.05) is 6.54 Å². The molecule has 0 saturated carbocycles. The lowest BCUT2D eigenvalue weighted by atomic mass is 10.0. The van der Waals surface area contributed by atoms with Crippen LogP contribution in [0.1, 0.15) is 28.4 Å². The zero-order valence-electron chi connectivity index (χ0n) is 11.7. The lowest BCUT2D eigenvalue weighted by Crippen LogP contribution is -2.32. The zero-order chi connectivity index (χ0) is 15.7. The Morgan fingerprint density at radius 3 is 2.59 bits per heavy atom. The van der Waals surface area contributed by atoms with Gasteiger partial charge in [0, 0.05) is 18.8 Å². The number of carbonyl (C=O) groups excluding carboxylic acids is 1. The van der Waals surface area contributed by atoms with Crippen LogP contribution in [0.5, 0.6) is 0 Å². The molecule has 1 aromatic heterocycles. The summed E-state index contributed by atoms with van der Waals surface area (Å²) in [4.78, 5) is 27.7.